The lowest BCUT2D eigenvalue weighted by Gasteiger charge is -2.18. The van der Waals surface area contributed by atoms with E-state index in [1.54, 1.807) is 12.1 Å². The fourth-order valence-electron chi connectivity index (χ4n) is 3.25. The number of nitrogens with zero attached hydrogens (tertiary/aromatic N) is 1. The van der Waals surface area contributed by atoms with Crippen LogP contribution in [0.25, 0.3) is 4.85 Å². The Kier molecular flexibility index (Phi) is 2.94. The van der Waals surface area contributed by atoms with Crippen molar-refractivity contribution in [3.05, 3.63) is 53.4 Å². The second kappa shape index (κ2) is 4.50. The molecule has 0 aromatic heterocycles. The maximum atomic E-state index is 11.8. The Labute approximate surface area is 113 Å². The monoisotopic (exact) mass is 273 g/mol. The number of rotatable bonds is 3. The zero-order valence-electron chi connectivity index (χ0n) is 10.5. The summed E-state index contributed by atoms with van der Waals surface area (Å²) < 4.78 is 23.5. The largest absolute Gasteiger partial charge is 0.316 e. The van der Waals surface area contributed by atoms with Crippen molar-refractivity contribution in [2.24, 2.45) is 11.8 Å². The molecule has 3 atom stereocenters. The summed E-state index contributed by atoms with van der Waals surface area (Å²) in [6.45, 7) is 6.68. The minimum Gasteiger partial charge on any atom is -0.299 e. The summed E-state index contributed by atoms with van der Waals surface area (Å²) in [4.78, 5) is 3.22. The van der Waals surface area contributed by atoms with Gasteiger partial charge < -0.3 is 0 Å². The highest BCUT2D eigenvalue weighted by atomic mass is 32.2. The molecule has 2 aliphatic carbocycles. The highest BCUT2D eigenvalue weighted by Gasteiger charge is 2.36. The van der Waals surface area contributed by atoms with Crippen LogP contribution >= 0.6 is 0 Å². The number of benzene rings is 1. The van der Waals surface area contributed by atoms with Crippen molar-refractivity contribution in [1.29, 1.82) is 0 Å². The molecule has 4 heteroatoms. The molecule has 1 aromatic carbocycles. The Morgan fingerprint density at radius 1 is 1.16 bits per heavy atom. The molecule has 0 amide bonds. The van der Waals surface area contributed by atoms with E-state index in [0.717, 1.165) is 0 Å². The van der Waals surface area contributed by atoms with Crippen LogP contribution in [-0.2, 0) is 9.84 Å². The van der Waals surface area contributed by atoms with Crippen molar-refractivity contribution in [1.82, 2.24) is 0 Å². The van der Waals surface area contributed by atoms with Gasteiger partial charge in [0.2, 0.25) is 0 Å². The fourth-order valence-corrected chi connectivity index (χ4v) is 4.12. The zero-order valence-corrected chi connectivity index (χ0v) is 11.3. The minimum absolute atomic E-state index is 0.256. The molecule has 0 aliphatic heterocycles. The van der Waals surface area contributed by atoms with Crippen molar-refractivity contribution in [2.75, 3.05) is 5.88 Å². The van der Waals surface area contributed by atoms with E-state index in [1.165, 1.54) is 18.4 Å². The van der Waals surface area contributed by atoms with Crippen LogP contribution in [-0.4, -0.2) is 14.3 Å². The van der Waals surface area contributed by atoms with E-state index in [-0.39, 0.29) is 4.90 Å². The molecular weight excluding hydrogens is 258 g/mol. The molecule has 0 saturated heterocycles. The standard InChI is InChI=1S/C15H15NO2S/c1-16-10-19(17,18)14-6-4-12(5-7-14)15-9-11-2-3-13(15)8-11/h2-7,11,13,15H,8-10H2. The molecule has 3 nitrogen and oxygen atoms in total. The van der Waals surface area contributed by atoms with E-state index in [0.29, 0.717) is 17.8 Å². The van der Waals surface area contributed by atoms with Gasteiger partial charge >= 0.3 is 5.88 Å². The third-order valence-corrected chi connectivity index (χ3v) is 5.64. The van der Waals surface area contributed by atoms with E-state index in [2.05, 4.69) is 17.0 Å². The van der Waals surface area contributed by atoms with Gasteiger partial charge in [-0.15, -0.1) is 0 Å². The SMILES string of the molecule is [C-]#[N+]CS(=O)(=O)c1ccc(C2CC3C=CC2C3)cc1. The number of fused-ring (bicyclic) bond motifs is 2. The molecule has 1 fully saturated rings. The summed E-state index contributed by atoms with van der Waals surface area (Å²) in [7, 11) is -3.43. The van der Waals surface area contributed by atoms with Crippen molar-refractivity contribution < 1.29 is 8.42 Å². The van der Waals surface area contributed by atoms with Crippen LogP contribution in [0.2, 0.25) is 0 Å². The van der Waals surface area contributed by atoms with Gasteiger partial charge in [0.1, 0.15) is 0 Å². The molecule has 98 valence electrons. The average molecular weight is 273 g/mol. The molecule has 0 spiro atoms. The summed E-state index contributed by atoms with van der Waals surface area (Å²) in [5, 5.41) is 0. The molecule has 2 aliphatic rings. The maximum Gasteiger partial charge on any atom is 0.316 e. The van der Waals surface area contributed by atoms with Crippen LogP contribution < -0.4 is 0 Å². The third-order valence-electron chi connectivity index (χ3n) is 4.18. The van der Waals surface area contributed by atoms with Gasteiger partial charge in [0.25, 0.3) is 9.84 Å². The summed E-state index contributed by atoms with van der Waals surface area (Å²) in [6, 6.07) is 7.11. The van der Waals surface area contributed by atoms with Gasteiger partial charge in [-0.3, -0.25) is 4.85 Å². The molecule has 0 radical (unpaired) electrons. The van der Waals surface area contributed by atoms with Crippen LogP contribution in [0.5, 0.6) is 0 Å². The summed E-state index contributed by atoms with van der Waals surface area (Å²) in [5.41, 5.74) is 1.22. The van der Waals surface area contributed by atoms with E-state index in [1.807, 2.05) is 12.1 Å². The van der Waals surface area contributed by atoms with Crippen LogP contribution in [0.3, 0.4) is 0 Å². The minimum atomic E-state index is -3.43. The van der Waals surface area contributed by atoms with Crippen molar-refractivity contribution in [2.45, 2.75) is 23.7 Å². The Balaban J connectivity index is 1.84. The lowest BCUT2D eigenvalue weighted by molar-refractivity contribution is 0.584. The van der Waals surface area contributed by atoms with E-state index in [9.17, 15) is 8.42 Å². The topological polar surface area (TPSA) is 38.5 Å². The summed E-state index contributed by atoms with van der Waals surface area (Å²) >= 11 is 0. The van der Waals surface area contributed by atoms with Crippen LogP contribution in [0.1, 0.15) is 24.3 Å². The second-order valence-electron chi connectivity index (χ2n) is 5.36. The lowest BCUT2D eigenvalue weighted by atomic mass is 9.87. The van der Waals surface area contributed by atoms with E-state index >= 15 is 0 Å². The fraction of sp³-hybridized carbons (Fsp3) is 0.400. The van der Waals surface area contributed by atoms with E-state index < -0.39 is 15.7 Å². The quantitative estimate of drug-likeness (QED) is 0.627. The van der Waals surface area contributed by atoms with Gasteiger partial charge in [0.15, 0.2) is 0 Å². The summed E-state index contributed by atoms with van der Waals surface area (Å²) in [6.07, 6.45) is 7.01. The predicted octanol–water partition coefficient (Wildman–Crippen LogP) is 3.02. The van der Waals surface area contributed by atoms with Gasteiger partial charge in [-0.1, -0.05) is 24.3 Å². The van der Waals surface area contributed by atoms with Gasteiger partial charge in [-0.25, -0.2) is 15.0 Å². The zero-order chi connectivity index (χ0) is 13.5. The second-order valence-corrected chi connectivity index (χ2v) is 7.32. The van der Waals surface area contributed by atoms with Gasteiger partial charge in [-0.05, 0) is 48.3 Å². The molecule has 19 heavy (non-hydrogen) atoms. The lowest BCUT2D eigenvalue weighted by Crippen LogP contribution is -2.07. The van der Waals surface area contributed by atoms with Gasteiger partial charge in [0.05, 0.1) is 4.90 Å². The van der Waals surface area contributed by atoms with Crippen LogP contribution in [0.15, 0.2) is 41.3 Å². The predicted molar refractivity (Wildman–Crippen MR) is 73.2 cm³/mol. The highest BCUT2D eigenvalue weighted by Crippen LogP contribution is 2.48. The maximum absolute atomic E-state index is 11.8. The Morgan fingerprint density at radius 3 is 2.42 bits per heavy atom. The number of hydrogen-bond donors (Lipinski definition) is 0. The van der Waals surface area contributed by atoms with Crippen molar-refractivity contribution >= 4 is 9.84 Å². The number of hydrogen-bond acceptors (Lipinski definition) is 2. The van der Waals surface area contributed by atoms with E-state index in [4.69, 9.17) is 6.57 Å². The molecule has 2 bridgehead atoms. The third kappa shape index (κ3) is 2.19. The van der Waals surface area contributed by atoms with Crippen molar-refractivity contribution in [3.8, 4) is 0 Å². The molecule has 0 heterocycles. The molecule has 3 unspecified atom stereocenters. The molecule has 1 saturated carbocycles. The normalized spacial score (nSPS) is 28.5. The summed E-state index contributed by atoms with van der Waals surface area (Å²) in [5.74, 6) is 1.40. The average Bonchev–Trinajstić information content (AvgIpc) is 3.01. The Morgan fingerprint density at radius 2 is 1.89 bits per heavy atom. The van der Waals surface area contributed by atoms with Crippen LogP contribution in [0.4, 0.5) is 0 Å². The number of allylic oxidation sites excluding steroid dienone is 2. The first-order valence-corrected chi connectivity index (χ1v) is 8.09. The van der Waals surface area contributed by atoms with Gasteiger partial charge in [-0.2, -0.15) is 0 Å². The highest BCUT2D eigenvalue weighted by molar-refractivity contribution is 7.91. The van der Waals surface area contributed by atoms with Crippen molar-refractivity contribution in [3.63, 3.8) is 0 Å². The molecule has 1 aromatic rings. The first kappa shape index (κ1) is 12.4. The first-order chi connectivity index (χ1) is 9.10. The smallest absolute Gasteiger partial charge is 0.299 e. The molecular formula is C15H15NO2S. The van der Waals surface area contributed by atoms with Gasteiger partial charge in [0, 0.05) is 0 Å². The Hall–Kier alpha value is -1.60. The first-order valence-electron chi connectivity index (χ1n) is 6.44. The molecule has 3 rings (SSSR count). The van der Waals surface area contributed by atoms with Crippen LogP contribution in [0, 0.1) is 18.4 Å². The molecule has 0 N–H and O–H groups in total. The Bertz CT molecular complexity index is 652. The number of sulfone groups is 1.